The van der Waals surface area contributed by atoms with Crippen LogP contribution in [0.5, 0.6) is 0 Å². The van der Waals surface area contributed by atoms with E-state index in [9.17, 15) is 23.8 Å². The van der Waals surface area contributed by atoms with Gasteiger partial charge in [-0.2, -0.15) is 29.5 Å². The molecule has 0 saturated carbocycles. The van der Waals surface area contributed by atoms with Gasteiger partial charge in [0.15, 0.2) is 0 Å². The molecule has 0 unspecified atom stereocenters. The van der Waals surface area contributed by atoms with E-state index in [1.165, 1.54) is 21.5 Å². The van der Waals surface area contributed by atoms with Crippen molar-refractivity contribution in [2.45, 2.75) is 122 Å². The molecule has 1 amide bonds. The topological polar surface area (TPSA) is 199 Å². The first kappa shape index (κ1) is 46.9. The number of carbonyl (C=O) groups is 1. The zero-order valence-corrected chi connectivity index (χ0v) is 38.2. The van der Waals surface area contributed by atoms with E-state index in [4.69, 9.17) is 13.8 Å². The van der Waals surface area contributed by atoms with Gasteiger partial charge in [0.2, 0.25) is 0 Å². The first-order valence-corrected chi connectivity index (χ1v) is 21.9. The molecule has 2 aromatic carbocycles. The van der Waals surface area contributed by atoms with E-state index in [1.54, 1.807) is 17.0 Å². The second-order valence-corrected chi connectivity index (χ2v) is 18.5. The number of piperidine rings is 3. The predicted molar refractivity (Wildman–Crippen MR) is 235 cm³/mol. The minimum absolute atomic E-state index is 0. The highest BCUT2D eigenvalue weighted by atomic mass is 35.5. The number of benzene rings is 2. The number of para-hydroxylation sites is 2. The van der Waals surface area contributed by atoms with E-state index in [0.717, 1.165) is 29.6 Å². The van der Waals surface area contributed by atoms with Gasteiger partial charge in [0.25, 0.3) is 23.7 Å². The van der Waals surface area contributed by atoms with E-state index in [1.807, 2.05) is 60.6 Å². The molecule has 0 aliphatic carbocycles. The fraction of sp³-hybridized carbons (Fsp3) is 0.568. The molecule has 346 valence electrons. The van der Waals surface area contributed by atoms with E-state index in [-0.39, 0.29) is 54.0 Å². The number of hydrogen-bond donors (Lipinski definition) is 3. The van der Waals surface area contributed by atoms with Crippen LogP contribution in [0.25, 0.3) is 33.7 Å². The van der Waals surface area contributed by atoms with Gasteiger partial charge in [-0.05, 0) is 107 Å². The van der Waals surface area contributed by atoms with Crippen LogP contribution in [0, 0.1) is 11.6 Å². The molecular weight excluding hydrogens is 852 g/mol. The molecule has 3 fully saturated rings. The van der Waals surface area contributed by atoms with Gasteiger partial charge in [-0.25, -0.2) is 13.6 Å². The van der Waals surface area contributed by atoms with Crippen molar-refractivity contribution in [1.82, 2.24) is 55.0 Å². The fourth-order valence-electron chi connectivity index (χ4n) is 8.69. The van der Waals surface area contributed by atoms with Gasteiger partial charge >= 0.3 is 6.09 Å². The van der Waals surface area contributed by atoms with Gasteiger partial charge in [-0.3, -0.25) is 0 Å². The van der Waals surface area contributed by atoms with Gasteiger partial charge in [0, 0.05) is 43.0 Å². The van der Waals surface area contributed by atoms with Gasteiger partial charge in [-0.1, -0.05) is 52.0 Å². The smallest absolute Gasteiger partial charge is 0.410 e. The van der Waals surface area contributed by atoms with Gasteiger partial charge in [0.1, 0.15) is 39.5 Å². The van der Waals surface area contributed by atoms with Crippen LogP contribution in [0.3, 0.4) is 0 Å². The Morgan fingerprint density at radius 2 is 1.22 bits per heavy atom. The standard InChI is InChI=1S/C27H37FN6O4.C17H20FN5O2.ClH/c1-17(2)21-19-7-6-8-20(28)22(19)34(30-21)24-29-23(38-31-24)27(36)11-15-32(16-12-27)18-9-13-33(14-10-18)25(35)37-26(3,4)5;1-10(2)13-11-4-3-5-12(18)14(11)23(21-13)16-20-15(25-22-16)17(24)6-8-19-9-7-17;/h6-8,17-18,36H,9-16H2,1-5H3;3-5,10,19,24H,6-9H2,1-2H3;1H. The monoisotopic (exact) mass is 909 g/mol. The molecular formula is C44H58ClF2N11O6. The quantitative estimate of drug-likeness (QED) is 0.148. The van der Waals surface area contributed by atoms with Crippen molar-refractivity contribution in [2.75, 3.05) is 39.3 Å². The van der Waals surface area contributed by atoms with Gasteiger partial charge in [-0.15, -0.1) is 12.4 Å². The molecule has 20 heteroatoms. The highest BCUT2D eigenvalue weighted by Crippen LogP contribution is 2.36. The molecule has 17 nitrogen and oxygen atoms in total. The maximum Gasteiger partial charge on any atom is 0.410 e. The first-order valence-electron chi connectivity index (χ1n) is 21.9. The summed E-state index contributed by atoms with van der Waals surface area (Å²) < 4.78 is 48.3. The molecule has 0 radical (unpaired) electrons. The van der Waals surface area contributed by atoms with Gasteiger partial charge < -0.3 is 39.1 Å². The molecule has 0 bridgehead atoms. The number of fused-ring (bicyclic) bond motifs is 2. The number of amides is 1. The Labute approximate surface area is 375 Å². The van der Waals surface area contributed by atoms with Crippen molar-refractivity contribution in [3.8, 4) is 11.9 Å². The lowest BCUT2D eigenvalue weighted by molar-refractivity contribution is -0.0623. The molecule has 4 aromatic heterocycles. The Kier molecular flexibility index (Phi) is 13.5. The number of carbonyl (C=O) groups excluding carboxylic acids is 1. The summed E-state index contributed by atoms with van der Waals surface area (Å²) in [6.45, 7) is 17.6. The molecule has 6 aromatic rings. The largest absolute Gasteiger partial charge is 0.444 e. The molecule has 3 aliphatic rings. The number of aliphatic hydroxyl groups is 2. The summed E-state index contributed by atoms with van der Waals surface area (Å²) in [6, 6.07) is 10.1. The second kappa shape index (κ2) is 18.4. The summed E-state index contributed by atoms with van der Waals surface area (Å²) >= 11 is 0. The molecule has 3 saturated heterocycles. The third kappa shape index (κ3) is 9.36. The number of hydrogen-bond acceptors (Lipinski definition) is 14. The average molecular weight is 910 g/mol. The Morgan fingerprint density at radius 1 is 0.766 bits per heavy atom. The van der Waals surface area contributed by atoms with Crippen LogP contribution >= 0.6 is 12.4 Å². The highest BCUT2D eigenvalue weighted by molar-refractivity contribution is 5.86. The zero-order valence-electron chi connectivity index (χ0n) is 37.3. The third-order valence-corrected chi connectivity index (χ3v) is 12.2. The number of halogens is 3. The molecule has 7 heterocycles. The summed E-state index contributed by atoms with van der Waals surface area (Å²) in [5.41, 5.74) is -0.800. The number of nitrogens with one attached hydrogen (secondary N) is 1. The number of nitrogens with zero attached hydrogens (tertiary/aromatic N) is 10. The number of ether oxygens (including phenoxy) is 1. The Morgan fingerprint density at radius 3 is 1.66 bits per heavy atom. The molecule has 0 spiro atoms. The third-order valence-electron chi connectivity index (χ3n) is 12.2. The van der Waals surface area contributed by atoms with Crippen LogP contribution < -0.4 is 5.32 Å². The normalized spacial score (nSPS) is 18.4. The van der Waals surface area contributed by atoms with E-state index >= 15 is 0 Å². The van der Waals surface area contributed by atoms with E-state index in [2.05, 4.69) is 40.7 Å². The van der Waals surface area contributed by atoms with Crippen molar-refractivity contribution in [3.63, 3.8) is 0 Å². The van der Waals surface area contributed by atoms with Crippen LogP contribution in [0.4, 0.5) is 13.6 Å². The van der Waals surface area contributed by atoms with E-state index < -0.39 is 28.4 Å². The number of aromatic nitrogens is 8. The van der Waals surface area contributed by atoms with Gasteiger partial charge in [0.05, 0.1) is 11.4 Å². The minimum atomic E-state index is -1.26. The molecule has 0 atom stereocenters. The Bertz CT molecular complexity index is 2560. The van der Waals surface area contributed by atoms with Crippen molar-refractivity contribution < 1.29 is 37.6 Å². The summed E-state index contributed by atoms with van der Waals surface area (Å²) in [5.74, 6) is -0.117. The van der Waals surface area contributed by atoms with E-state index in [0.29, 0.717) is 87.4 Å². The SMILES string of the molecule is CC(C)c1nn(-c2noc(C3(O)CCN(C4CCN(C(=O)OC(C)(C)C)CC4)CC3)n2)c2c(F)cccc12.CC(C)c1nn(-c2noc(C3(O)CCNCC3)n2)c2c(F)cccc12.Cl. The summed E-state index contributed by atoms with van der Waals surface area (Å²) in [5, 5.41) is 43.8. The van der Waals surface area contributed by atoms with Crippen molar-refractivity contribution >= 4 is 40.3 Å². The lowest BCUT2D eigenvalue weighted by Crippen LogP contribution is -2.52. The number of rotatable bonds is 7. The van der Waals surface area contributed by atoms with Crippen LogP contribution in [0.1, 0.15) is 122 Å². The molecule has 64 heavy (non-hydrogen) atoms. The Hall–Kier alpha value is -5.08. The summed E-state index contributed by atoms with van der Waals surface area (Å²) in [4.78, 5) is 25.3. The lowest BCUT2D eigenvalue weighted by Gasteiger charge is -2.43. The summed E-state index contributed by atoms with van der Waals surface area (Å²) in [6.07, 6.45) is 3.30. The maximum absolute atomic E-state index is 14.8. The molecule has 3 aliphatic heterocycles. The average Bonchev–Trinajstić information content (AvgIpc) is 4.07. The first-order chi connectivity index (χ1) is 29.9. The van der Waals surface area contributed by atoms with Crippen LogP contribution in [-0.4, -0.2) is 117 Å². The van der Waals surface area contributed by atoms with Crippen molar-refractivity contribution in [3.05, 3.63) is 71.2 Å². The van der Waals surface area contributed by atoms with Crippen LogP contribution in [-0.2, 0) is 15.9 Å². The Balaban J connectivity index is 0.000000204. The highest BCUT2D eigenvalue weighted by Gasteiger charge is 2.42. The second-order valence-electron chi connectivity index (χ2n) is 18.5. The molecule has 3 N–H and O–H groups in total. The van der Waals surface area contributed by atoms with Crippen LogP contribution in [0.15, 0.2) is 45.4 Å². The van der Waals surface area contributed by atoms with Crippen molar-refractivity contribution in [1.29, 1.82) is 0 Å². The van der Waals surface area contributed by atoms with Crippen LogP contribution in [0.2, 0.25) is 0 Å². The predicted octanol–water partition coefficient (Wildman–Crippen LogP) is 7.02. The lowest BCUT2D eigenvalue weighted by atomic mass is 9.89. The maximum atomic E-state index is 14.8. The zero-order chi connectivity index (χ0) is 44.8. The van der Waals surface area contributed by atoms with Crippen molar-refractivity contribution in [2.24, 2.45) is 0 Å². The summed E-state index contributed by atoms with van der Waals surface area (Å²) in [7, 11) is 0. The fourth-order valence-corrected chi connectivity index (χ4v) is 8.69. The number of likely N-dealkylation sites (tertiary alicyclic amines) is 2. The molecule has 9 rings (SSSR count). The minimum Gasteiger partial charge on any atom is -0.444 e.